The minimum Gasteiger partial charge on any atom is -0.457 e. The number of carbonyl (C=O) groups is 1. The number of hydrogen-bond donors (Lipinski definition) is 0. The Kier molecular flexibility index (Phi) is 6.60. The van der Waals surface area contributed by atoms with E-state index in [1.165, 1.54) is 49.0 Å². The zero-order valence-corrected chi connectivity index (χ0v) is 18.2. The predicted molar refractivity (Wildman–Crippen MR) is 105 cm³/mol. The van der Waals surface area contributed by atoms with E-state index in [2.05, 4.69) is 4.98 Å². The quantitative estimate of drug-likeness (QED) is 0.565. The van der Waals surface area contributed by atoms with Crippen LogP contribution < -0.4 is 0 Å². The topological polar surface area (TPSA) is 127 Å². The number of piperidine rings is 1. The van der Waals surface area contributed by atoms with Gasteiger partial charge in [-0.15, -0.1) is 0 Å². The molecule has 1 aliphatic rings. The maximum atomic E-state index is 12.6. The molecule has 2 aromatic rings. The molecule has 3 rings (SSSR count). The molecule has 3 heterocycles. The Morgan fingerprint density at radius 2 is 1.90 bits per heavy atom. The van der Waals surface area contributed by atoms with Crippen LogP contribution in [-0.2, 0) is 36.2 Å². The number of rotatable bonds is 7. The first kappa shape index (κ1) is 22.4. The van der Waals surface area contributed by atoms with Gasteiger partial charge in [-0.25, -0.2) is 21.1 Å². The van der Waals surface area contributed by atoms with Gasteiger partial charge in [0.05, 0.1) is 5.92 Å². The molecule has 10 nitrogen and oxygen atoms in total. The van der Waals surface area contributed by atoms with Crippen LogP contribution in [0.4, 0.5) is 0 Å². The molecule has 2 aromatic heterocycles. The average Bonchev–Trinajstić information content (AvgIpc) is 3.22. The van der Waals surface area contributed by atoms with Gasteiger partial charge in [0.2, 0.25) is 15.1 Å². The van der Waals surface area contributed by atoms with Crippen LogP contribution in [0.2, 0.25) is 0 Å². The lowest BCUT2D eigenvalue weighted by Gasteiger charge is -2.29. The van der Waals surface area contributed by atoms with Crippen molar-refractivity contribution in [2.24, 2.45) is 5.92 Å². The van der Waals surface area contributed by atoms with Crippen molar-refractivity contribution in [1.29, 1.82) is 0 Å². The molecule has 0 saturated carbocycles. The molecular weight excluding hydrogens is 434 g/mol. The first-order valence-electron chi connectivity index (χ1n) is 9.20. The molecule has 12 heteroatoms. The fraction of sp³-hybridized carbons (Fsp3) is 0.444. The maximum absolute atomic E-state index is 12.6. The Morgan fingerprint density at radius 3 is 2.50 bits per heavy atom. The fourth-order valence-corrected chi connectivity index (χ4v) is 5.24. The summed E-state index contributed by atoms with van der Waals surface area (Å²) in [6.07, 6.45) is 3.45. The zero-order chi connectivity index (χ0) is 21.9. The van der Waals surface area contributed by atoms with Crippen molar-refractivity contribution in [2.75, 3.05) is 27.2 Å². The molecule has 1 aliphatic heterocycles. The molecule has 0 radical (unpaired) electrons. The van der Waals surface area contributed by atoms with Gasteiger partial charge in [-0.05, 0) is 37.1 Å². The lowest BCUT2D eigenvalue weighted by Crippen LogP contribution is -2.40. The van der Waals surface area contributed by atoms with Crippen molar-refractivity contribution < 1.29 is 30.8 Å². The van der Waals surface area contributed by atoms with Crippen LogP contribution in [0.5, 0.6) is 0 Å². The van der Waals surface area contributed by atoms with E-state index in [-0.39, 0.29) is 35.4 Å². The highest BCUT2D eigenvalue weighted by molar-refractivity contribution is 7.89. The Bertz CT molecular complexity index is 1090. The highest BCUT2D eigenvalue weighted by Crippen LogP contribution is 2.25. The van der Waals surface area contributed by atoms with Crippen molar-refractivity contribution in [2.45, 2.75) is 29.4 Å². The highest BCUT2D eigenvalue weighted by Gasteiger charge is 2.33. The van der Waals surface area contributed by atoms with E-state index in [0.717, 1.165) is 4.31 Å². The van der Waals surface area contributed by atoms with E-state index >= 15 is 0 Å². The number of nitrogens with zero attached hydrogens (tertiary/aromatic N) is 3. The summed E-state index contributed by atoms with van der Waals surface area (Å²) in [4.78, 5) is 16.3. The monoisotopic (exact) mass is 457 g/mol. The molecule has 0 amide bonds. The zero-order valence-electron chi connectivity index (χ0n) is 16.6. The van der Waals surface area contributed by atoms with Gasteiger partial charge < -0.3 is 9.15 Å². The number of aromatic nitrogens is 1. The third-order valence-corrected chi connectivity index (χ3v) is 8.36. The lowest BCUT2D eigenvalue weighted by atomic mass is 9.98. The largest absolute Gasteiger partial charge is 0.457 e. The van der Waals surface area contributed by atoms with E-state index in [1.54, 1.807) is 6.07 Å². The van der Waals surface area contributed by atoms with Gasteiger partial charge in [0.1, 0.15) is 17.3 Å². The van der Waals surface area contributed by atoms with Gasteiger partial charge in [0, 0.05) is 39.6 Å². The number of ether oxygens (including phenoxy) is 1. The summed E-state index contributed by atoms with van der Waals surface area (Å²) in [5, 5.41) is -0.229. The smallest absolute Gasteiger partial charge is 0.309 e. The van der Waals surface area contributed by atoms with Crippen LogP contribution in [-0.4, -0.2) is 63.6 Å². The molecule has 0 aromatic carbocycles. The summed E-state index contributed by atoms with van der Waals surface area (Å²) in [6, 6.07) is 5.78. The van der Waals surface area contributed by atoms with Gasteiger partial charge in [0.25, 0.3) is 10.0 Å². The summed E-state index contributed by atoms with van der Waals surface area (Å²) in [5.74, 6) is -0.701. The molecule has 0 atom stereocenters. The minimum atomic E-state index is -3.70. The van der Waals surface area contributed by atoms with Gasteiger partial charge >= 0.3 is 5.97 Å². The average molecular weight is 458 g/mol. The fourth-order valence-electron chi connectivity index (χ4n) is 3.00. The first-order chi connectivity index (χ1) is 14.1. The van der Waals surface area contributed by atoms with Crippen LogP contribution in [0.3, 0.4) is 0 Å². The maximum Gasteiger partial charge on any atom is 0.309 e. The van der Waals surface area contributed by atoms with Gasteiger partial charge in [-0.1, -0.05) is 0 Å². The van der Waals surface area contributed by atoms with Gasteiger partial charge in [-0.2, -0.15) is 4.31 Å². The molecule has 0 aliphatic carbocycles. The summed E-state index contributed by atoms with van der Waals surface area (Å²) in [5.41, 5.74) is 0. The summed E-state index contributed by atoms with van der Waals surface area (Å²) >= 11 is 0. The normalized spacial score (nSPS) is 16.6. The Labute approximate surface area is 175 Å². The first-order valence-corrected chi connectivity index (χ1v) is 12.1. The van der Waals surface area contributed by atoms with Crippen molar-refractivity contribution >= 4 is 26.0 Å². The Balaban J connectivity index is 1.53. The summed E-state index contributed by atoms with van der Waals surface area (Å²) in [7, 11) is -4.57. The number of pyridine rings is 1. The second kappa shape index (κ2) is 8.84. The van der Waals surface area contributed by atoms with Crippen molar-refractivity contribution in [3.63, 3.8) is 0 Å². The lowest BCUT2D eigenvalue weighted by molar-refractivity contribution is -0.151. The minimum absolute atomic E-state index is 0.118. The number of sulfonamides is 2. The second-order valence-electron chi connectivity index (χ2n) is 6.98. The summed E-state index contributed by atoms with van der Waals surface area (Å²) in [6.45, 7) is 0.196. The van der Waals surface area contributed by atoms with Gasteiger partial charge in [-0.3, -0.25) is 9.78 Å². The van der Waals surface area contributed by atoms with E-state index in [0.29, 0.717) is 12.8 Å². The third-order valence-electron chi connectivity index (χ3n) is 4.79. The van der Waals surface area contributed by atoms with E-state index in [4.69, 9.17) is 9.15 Å². The van der Waals surface area contributed by atoms with Crippen molar-refractivity contribution in [1.82, 2.24) is 13.6 Å². The molecule has 0 N–H and O–H groups in total. The molecule has 0 bridgehead atoms. The second-order valence-corrected chi connectivity index (χ2v) is 11.0. The number of hydrogen-bond acceptors (Lipinski definition) is 8. The number of furan rings is 1. The standard InChI is InChI=1S/C18H23N3O7S2/c1-20(2)30(25,26)17-6-5-15(28-17)13-27-18(22)14-7-10-21(11-8-14)29(23,24)16-4-3-9-19-12-16/h3-6,9,12,14H,7-8,10-11,13H2,1-2H3. The van der Waals surface area contributed by atoms with Crippen LogP contribution in [0.15, 0.2) is 51.1 Å². The summed E-state index contributed by atoms with van der Waals surface area (Å²) < 4.78 is 62.1. The van der Waals surface area contributed by atoms with E-state index in [1.807, 2.05) is 0 Å². The van der Waals surface area contributed by atoms with E-state index in [9.17, 15) is 21.6 Å². The molecule has 1 saturated heterocycles. The Hall–Kier alpha value is -2.28. The number of esters is 1. The van der Waals surface area contributed by atoms with Crippen LogP contribution in [0, 0.1) is 5.92 Å². The number of carbonyl (C=O) groups excluding carboxylic acids is 1. The molecule has 0 unspecified atom stereocenters. The third kappa shape index (κ3) is 4.72. The van der Waals surface area contributed by atoms with Crippen LogP contribution in [0.25, 0.3) is 0 Å². The van der Waals surface area contributed by atoms with Crippen LogP contribution >= 0.6 is 0 Å². The predicted octanol–water partition coefficient (Wildman–Crippen LogP) is 1.07. The molecule has 164 valence electrons. The Morgan fingerprint density at radius 1 is 1.20 bits per heavy atom. The molecule has 1 fully saturated rings. The highest BCUT2D eigenvalue weighted by atomic mass is 32.2. The molecule has 0 spiro atoms. The van der Waals surface area contributed by atoms with Gasteiger partial charge in [0.15, 0.2) is 0 Å². The van der Waals surface area contributed by atoms with E-state index < -0.39 is 31.9 Å². The molecular formula is C18H23N3O7S2. The van der Waals surface area contributed by atoms with Crippen molar-refractivity contribution in [3.05, 3.63) is 42.4 Å². The van der Waals surface area contributed by atoms with Crippen LogP contribution in [0.1, 0.15) is 18.6 Å². The van der Waals surface area contributed by atoms with Crippen molar-refractivity contribution in [3.8, 4) is 0 Å². The SMILES string of the molecule is CN(C)S(=O)(=O)c1ccc(COC(=O)C2CCN(S(=O)(=O)c3cccnc3)CC2)o1. The molecule has 30 heavy (non-hydrogen) atoms.